The summed E-state index contributed by atoms with van der Waals surface area (Å²) < 4.78 is 0. The molecule has 0 atom stereocenters. The van der Waals surface area contributed by atoms with Crippen LogP contribution < -0.4 is 5.32 Å². The summed E-state index contributed by atoms with van der Waals surface area (Å²) in [7, 11) is 0. The zero-order chi connectivity index (χ0) is 16.2. The fourth-order valence-corrected chi connectivity index (χ4v) is 2.64. The van der Waals surface area contributed by atoms with E-state index >= 15 is 0 Å². The zero-order valence-corrected chi connectivity index (χ0v) is 16.0. The van der Waals surface area contributed by atoms with Crippen molar-refractivity contribution in [2.45, 2.75) is 106 Å². The van der Waals surface area contributed by atoms with E-state index in [4.69, 9.17) is 0 Å². The molecule has 0 rings (SSSR count). The van der Waals surface area contributed by atoms with Gasteiger partial charge in [-0.2, -0.15) is 0 Å². The van der Waals surface area contributed by atoms with Crippen molar-refractivity contribution >= 4 is 0 Å². The van der Waals surface area contributed by atoms with Crippen LogP contribution in [0.4, 0.5) is 0 Å². The van der Waals surface area contributed by atoms with E-state index in [-0.39, 0.29) is 0 Å². The van der Waals surface area contributed by atoms with Crippen LogP contribution in [-0.4, -0.2) is 13.1 Å². The van der Waals surface area contributed by atoms with Gasteiger partial charge in [0.15, 0.2) is 0 Å². The van der Waals surface area contributed by atoms with E-state index in [2.05, 4.69) is 46.9 Å². The summed E-state index contributed by atoms with van der Waals surface area (Å²) >= 11 is 0. The Bertz CT molecular complexity index is 195. The Morgan fingerprint density at radius 3 is 1.14 bits per heavy atom. The second-order valence-electron chi connectivity index (χ2n) is 9.20. The Morgan fingerprint density at radius 1 is 0.476 bits per heavy atom. The summed E-state index contributed by atoms with van der Waals surface area (Å²) in [6.07, 6.45) is 13.9. The summed E-state index contributed by atoms with van der Waals surface area (Å²) in [6, 6.07) is 0. The van der Waals surface area contributed by atoms with Crippen LogP contribution in [0.5, 0.6) is 0 Å². The quantitative estimate of drug-likeness (QED) is 0.402. The average molecular weight is 298 g/mol. The van der Waals surface area contributed by atoms with Crippen molar-refractivity contribution in [3.05, 3.63) is 0 Å². The van der Waals surface area contributed by atoms with Gasteiger partial charge < -0.3 is 5.32 Å². The minimum atomic E-state index is 0.519. The molecular weight excluding hydrogens is 254 g/mol. The van der Waals surface area contributed by atoms with Crippen LogP contribution in [0.2, 0.25) is 0 Å². The molecule has 0 aromatic heterocycles. The summed E-state index contributed by atoms with van der Waals surface area (Å²) in [5.74, 6) is 0. The third kappa shape index (κ3) is 20.0. The van der Waals surface area contributed by atoms with Gasteiger partial charge in [-0.15, -0.1) is 0 Å². The third-order valence-electron chi connectivity index (χ3n) is 4.06. The van der Waals surface area contributed by atoms with E-state index in [0.29, 0.717) is 10.8 Å². The highest BCUT2D eigenvalue weighted by atomic mass is 14.8. The Labute approximate surface area is 135 Å². The van der Waals surface area contributed by atoms with Crippen molar-refractivity contribution in [3.8, 4) is 0 Å². The van der Waals surface area contributed by atoms with E-state index in [1.54, 1.807) is 0 Å². The highest BCUT2D eigenvalue weighted by molar-refractivity contribution is 4.62. The standard InChI is InChI=1S/C20H43N/c1-19(2,3)15-11-7-9-13-17-21-18-14-10-8-12-16-20(4,5)6/h21H,7-18H2,1-6H3. The first-order chi connectivity index (χ1) is 9.71. The molecule has 0 spiro atoms. The first-order valence-corrected chi connectivity index (χ1v) is 9.41. The molecule has 0 radical (unpaired) electrons. The van der Waals surface area contributed by atoms with Gasteiger partial charge in [-0.1, -0.05) is 80.1 Å². The molecule has 128 valence electrons. The van der Waals surface area contributed by atoms with Crippen molar-refractivity contribution in [2.24, 2.45) is 10.8 Å². The fourth-order valence-electron chi connectivity index (χ4n) is 2.64. The van der Waals surface area contributed by atoms with Gasteiger partial charge in [0.1, 0.15) is 0 Å². The largest absolute Gasteiger partial charge is 0.317 e. The first-order valence-electron chi connectivity index (χ1n) is 9.41. The molecule has 0 saturated carbocycles. The maximum Gasteiger partial charge on any atom is -0.00489 e. The number of nitrogens with one attached hydrogen (secondary N) is 1. The van der Waals surface area contributed by atoms with Gasteiger partial charge in [-0.3, -0.25) is 0 Å². The summed E-state index contributed by atoms with van der Waals surface area (Å²) in [5.41, 5.74) is 1.04. The molecule has 0 aliphatic rings. The van der Waals surface area contributed by atoms with E-state index in [1.165, 1.54) is 77.3 Å². The van der Waals surface area contributed by atoms with Crippen molar-refractivity contribution in [1.29, 1.82) is 0 Å². The number of hydrogen-bond acceptors (Lipinski definition) is 1. The van der Waals surface area contributed by atoms with Gasteiger partial charge in [-0.25, -0.2) is 0 Å². The molecule has 0 aromatic carbocycles. The van der Waals surface area contributed by atoms with Gasteiger partial charge >= 0.3 is 0 Å². The molecule has 0 fully saturated rings. The number of rotatable bonds is 12. The molecule has 0 aliphatic carbocycles. The van der Waals surface area contributed by atoms with Crippen LogP contribution in [0, 0.1) is 10.8 Å². The first kappa shape index (κ1) is 21.0. The van der Waals surface area contributed by atoms with E-state index in [0.717, 1.165) is 0 Å². The van der Waals surface area contributed by atoms with Crippen molar-refractivity contribution in [1.82, 2.24) is 5.32 Å². The van der Waals surface area contributed by atoms with Crippen LogP contribution in [0.3, 0.4) is 0 Å². The minimum Gasteiger partial charge on any atom is -0.317 e. The van der Waals surface area contributed by atoms with E-state index in [9.17, 15) is 0 Å². The fraction of sp³-hybridized carbons (Fsp3) is 1.00. The molecule has 1 heteroatoms. The molecule has 0 amide bonds. The lowest BCUT2D eigenvalue weighted by Crippen LogP contribution is -2.16. The topological polar surface area (TPSA) is 12.0 Å². The average Bonchev–Trinajstić information content (AvgIpc) is 2.32. The van der Waals surface area contributed by atoms with Gasteiger partial charge in [0.05, 0.1) is 0 Å². The molecule has 1 nitrogen and oxygen atoms in total. The Hall–Kier alpha value is -0.0400. The summed E-state index contributed by atoms with van der Waals surface area (Å²) in [6.45, 7) is 16.5. The SMILES string of the molecule is CC(C)(C)CCCCCCNCCCCCCC(C)(C)C. The molecule has 0 aliphatic heterocycles. The predicted molar refractivity (Wildman–Crippen MR) is 97.9 cm³/mol. The van der Waals surface area contributed by atoms with Crippen molar-refractivity contribution in [2.75, 3.05) is 13.1 Å². The predicted octanol–water partition coefficient (Wildman–Crippen LogP) is 6.57. The Balaban J connectivity index is 3.10. The molecule has 0 bridgehead atoms. The lowest BCUT2D eigenvalue weighted by molar-refractivity contribution is 0.355. The normalized spacial score (nSPS) is 12.9. The lowest BCUT2D eigenvalue weighted by Gasteiger charge is -2.17. The second-order valence-corrected chi connectivity index (χ2v) is 9.20. The third-order valence-corrected chi connectivity index (χ3v) is 4.06. The molecule has 0 unspecified atom stereocenters. The monoisotopic (exact) mass is 297 g/mol. The van der Waals surface area contributed by atoms with Crippen molar-refractivity contribution in [3.63, 3.8) is 0 Å². The van der Waals surface area contributed by atoms with E-state index < -0.39 is 0 Å². The molecule has 21 heavy (non-hydrogen) atoms. The highest BCUT2D eigenvalue weighted by Crippen LogP contribution is 2.22. The van der Waals surface area contributed by atoms with Gasteiger partial charge in [0.2, 0.25) is 0 Å². The van der Waals surface area contributed by atoms with Crippen LogP contribution in [0.25, 0.3) is 0 Å². The lowest BCUT2D eigenvalue weighted by atomic mass is 9.89. The molecule has 0 heterocycles. The van der Waals surface area contributed by atoms with Crippen LogP contribution in [0.15, 0.2) is 0 Å². The van der Waals surface area contributed by atoms with Gasteiger partial charge in [0.25, 0.3) is 0 Å². The van der Waals surface area contributed by atoms with Gasteiger partial charge in [-0.05, 0) is 49.6 Å². The van der Waals surface area contributed by atoms with Gasteiger partial charge in [0, 0.05) is 0 Å². The Morgan fingerprint density at radius 2 is 0.810 bits per heavy atom. The Kier molecular flexibility index (Phi) is 11.5. The van der Waals surface area contributed by atoms with Crippen molar-refractivity contribution < 1.29 is 0 Å². The molecule has 0 aromatic rings. The maximum absolute atomic E-state index is 3.60. The smallest absolute Gasteiger partial charge is 0.00489 e. The molecule has 0 saturated heterocycles. The van der Waals surface area contributed by atoms with Crippen LogP contribution in [0.1, 0.15) is 106 Å². The second kappa shape index (κ2) is 11.5. The number of unbranched alkanes of at least 4 members (excludes halogenated alkanes) is 6. The van der Waals surface area contributed by atoms with Crippen LogP contribution in [-0.2, 0) is 0 Å². The highest BCUT2D eigenvalue weighted by Gasteiger charge is 2.09. The maximum atomic E-state index is 3.60. The van der Waals surface area contributed by atoms with Crippen LogP contribution >= 0.6 is 0 Å². The molecule has 1 N–H and O–H groups in total. The summed E-state index contributed by atoms with van der Waals surface area (Å²) in [4.78, 5) is 0. The summed E-state index contributed by atoms with van der Waals surface area (Å²) in [5, 5.41) is 3.60. The molecular formula is C20H43N. The zero-order valence-electron chi connectivity index (χ0n) is 16.0. The van der Waals surface area contributed by atoms with E-state index in [1.807, 2.05) is 0 Å². The number of hydrogen-bond donors (Lipinski definition) is 1. The minimum absolute atomic E-state index is 0.519.